The summed E-state index contributed by atoms with van der Waals surface area (Å²) in [5.41, 5.74) is 0.162. The predicted molar refractivity (Wildman–Crippen MR) is 72.2 cm³/mol. The average molecular weight is 257 g/mol. The third-order valence-corrected chi connectivity index (χ3v) is 2.28. The number of rotatable bonds is 5. The van der Waals surface area contributed by atoms with E-state index in [9.17, 15) is 9.82 Å². The van der Waals surface area contributed by atoms with Gasteiger partial charge >= 0.3 is 13.2 Å². The van der Waals surface area contributed by atoms with Crippen LogP contribution in [0.15, 0.2) is 11.5 Å². The van der Waals surface area contributed by atoms with Crippen molar-refractivity contribution in [1.82, 2.24) is 4.90 Å². The molecule has 0 saturated heterocycles. The normalized spacial score (nSPS) is 12.3. The Balaban J connectivity index is 4.48. The predicted octanol–water partition coefficient (Wildman–Crippen LogP) is 1.86. The minimum absolute atomic E-state index is 0.360. The number of carbonyl (C=O) groups excluding carboxylic acids is 1. The summed E-state index contributed by atoms with van der Waals surface area (Å²) in [7, 11) is 0.496. The Hall–Kier alpha value is -1.01. The molecular formula is C12H24BNO4. The Bertz CT molecular complexity index is 299. The second kappa shape index (κ2) is 7.43. The van der Waals surface area contributed by atoms with E-state index in [2.05, 4.69) is 0 Å². The van der Waals surface area contributed by atoms with E-state index in [1.807, 2.05) is 27.7 Å². The van der Waals surface area contributed by atoms with E-state index in [1.165, 1.54) is 7.11 Å². The zero-order chi connectivity index (χ0) is 14.3. The maximum atomic E-state index is 11.8. The van der Waals surface area contributed by atoms with Gasteiger partial charge in [0.05, 0.1) is 0 Å². The fourth-order valence-electron chi connectivity index (χ4n) is 1.20. The molecular weight excluding hydrogens is 233 g/mol. The molecule has 0 aliphatic rings. The molecule has 0 aromatic heterocycles. The monoisotopic (exact) mass is 257 g/mol. The van der Waals surface area contributed by atoms with Crippen LogP contribution in [0.25, 0.3) is 0 Å². The van der Waals surface area contributed by atoms with Gasteiger partial charge < -0.3 is 19.3 Å². The van der Waals surface area contributed by atoms with Crippen LogP contribution in [0.4, 0.5) is 4.79 Å². The van der Waals surface area contributed by atoms with E-state index in [0.717, 1.165) is 0 Å². The molecule has 0 aromatic rings. The van der Waals surface area contributed by atoms with Gasteiger partial charge in [-0.3, -0.25) is 0 Å². The fraction of sp³-hybridized carbons (Fsp3) is 0.750. The molecule has 0 aliphatic heterocycles. The first-order valence-electron chi connectivity index (χ1n) is 6.06. The summed E-state index contributed by atoms with van der Waals surface area (Å²) in [6.07, 6.45) is 1.39. The smallest absolute Gasteiger partial charge is 0.444 e. The van der Waals surface area contributed by atoms with E-state index in [0.29, 0.717) is 18.6 Å². The third kappa shape index (κ3) is 6.66. The Morgan fingerprint density at radius 3 is 2.39 bits per heavy atom. The van der Waals surface area contributed by atoms with Crippen molar-refractivity contribution >= 4 is 13.2 Å². The Morgan fingerprint density at radius 1 is 1.44 bits per heavy atom. The third-order valence-electron chi connectivity index (χ3n) is 2.28. The van der Waals surface area contributed by atoms with Crippen molar-refractivity contribution in [3.63, 3.8) is 0 Å². The summed E-state index contributed by atoms with van der Waals surface area (Å²) in [6.45, 7) is 10.0. The molecule has 1 amide bonds. The van der Waals surface area contributed by atoms with Crippen molar-refractivity contribution in [2.75, 3.05) is 20.2 Å². The minimum atomic E-state index is -0.928. The number of hydrogen-bond acceptors (Lipinski definition) is 4. The summed E-state index contributed by atoms with van der Waals surface area (Å²) in [5, 5.41) is 9.41. The summed E-state index contributed by atoms with van der Waals surface area (Å²) >= 11 is 0. The first-order chi connectivity index (χ1) is 8.21. The highest BCUT2D eigenvalue weighted by Gasteiger charge is 2.21. The molecule has 0 rings (SSSR count). The lowest BCUT2D eigenvalue weighted by molar-refractivity contribution is 0.0281. The number of carbonyl (C=O) groups is 1. The van der Waals surface area contributed by atoms with E-state index in [4.69, 9.17) is 9.39 Å². The van der Waals surface area contributed by atoms with Crippen molar-refractivity contribution < 1.29 is 19.2 Å². The van der Waals surface area contributed by atoms with Crippen molar-refractivity contribution in [3.05, 3.63) is 11.5 Å². The quantitative estimate of drug-likeness (QED) is 0.763. The molecule has 0 spiro atoms. The number of nitrogens with zero attached hydrogens (tertiary/aromatic N) is 1. The lowest BCUT2D eigenvalue weighted by Gasteiger charge is -2.26. The Labute approximate surface area is 110 Å². The number of likely N-dealkylation sites (N-methyl/N-ethyl adjacent to an activating group) is 1. The highest BCUT2D eigenvalue weighted by Crippen LogP contribution is 2.10. The number of ether oxygens (including phenoxy) is 1. The SMILES string of the molecule is CCN(CC=C(C)B(O)OC)C(=O)OC(C)(C)C. The maximum absolute atomic E-state index is 11.8. The fourth-order valence-corrected chi connectivity index (χ4v) is 1.20. The molecule has 0 unspecified atom stereocenters. The van der Waals surface area contributed by atoms with E-state index < -0.39 is 12.7 Å². The Morgan fingerprint density at radius 2 is 2.00 bits per heavy atom. The van der Waals surface area contributed by atoms with Gasteiger partial charge in [0.15, 0.2) is 0 Å². The molecule has 5 nitrogen and oxygen atoms in total. The number of hydrogen-bond donors (Lipinski definition) is 1. The van der Waals surface area contributed by atoms with E-state index in [-0.39, 0.29) is 6.09 Å². The van der Waals surface area contributed by atoms with Crippen molar-refractivity contribution in [1.29, 1.82) is 0 Å². The lowest BCUT2D eigenvalue weighted by Crippen LogP contribution is -2.37. The highest BCUT2D eigenvalue weighted by molar-refractivity contribution is 6.51. The van der Waals surface area contributed by atoms with Gasteiger partial charge in [0, 0.05) is 20.2 Å². The van der Waals surface area contributed by atoms with Crippen LogP contribution in [-0.2, 0) is 9.39 Å². The highest BCUT2D eigenvalue weighted by atomic mass is 16.6. The molecule has 0 saturated carbocycles. The summed E-state index contributed by atoms with van der Waals surface area (Å²) in [6, 6.07) is 0. The van der Waals surface area contributed by atoms with Crippen LogP contribution in [0.3, 0.4) is 0 Å². The molecule has 0 bridgehead atoms. The standard InChI is InChI=1S/C12H24BNO4/c1-7-14(11(15)18-12(3,4)5)9-8-10(2)13(16)17-6/h8,16H,7,9H2,1-6H3. The molecule has 104 valence electrons. The molecule has 0 radical (unpaired) electrons. The van der Waals surface area contributed by atoms with Crippen LogP contribution in [0.5, 0.6) is 0 Å². The van der Waals surface area contributed by atoms with E-state index in [1.54, 1.807) is 17.9 Å². The average Bonchev–Trinajstić information content (AvgIpc) is 2.26. The van der Waals surface area contributed by atoms with Crippen LogP contribution in [0.2, 0.25) is 0 Å². The Kier molecular flexibility index (Phi) is 7.02. The molecule has 1 N–H and O–H groups in total. The van der Waals surface area contributed by atoms with Crippen LogP contribution < -0.4 is 0 Å². The van der Waals surface area contributed by atoms with Crippen LogP contribution in [0.1, 0.15) is 34.6 Å². The molecule has 0 aromatic carbocycles. The van der Waals surface area contributed by atoms with Crippen molar-refractivity contribution in [2.45, 2.75) is 40.2 Å². The maximum Gasteiger partial charge on any atom is 0.486 e. The summed E-state index contributed by atoms with van der Waals surface area (Å²) in [4.78, 5) is 13.4. The topological polar surface area (TPSA) is 59.0 Å². The van der Waals surface area contributed by atoms with Gasteiger partial charge in [0.25, 0.3) is 0 Å². The van der Waals surface area contributed by atoms with Crippen LogP contribution in [0, 0.1) is 0 Å². The van der Waals surface area contributed by atoms with Crippen molar-refractivity contribution in [2.24, 2.45) is 0 Å². The molecule has 6 heteroatoms. The van der Waals surface area contributed by atoms with Gasteiger partial charge in [0.2, 0.25) is 0 Å². The lowest BCUT2D eigenvalue weighted by atomic mass is 9.80. The van der Waals surface area contributed by atoms with Gasteiger partial charge in [-0.2, -0.15) is 0 Å². The van der Waals surface area contributed by atoms with Gasteiger partial charge in [-0.25, -0.2) is 4.79 Å². The second-order valence-electron chi connectivity index (χ2n) is 5.06. The van der Waals surface area contributed by atoms with Gasteiger partial charge in [0.1, 0.15) is 5.60 Å². The van der Waals surface area contributed by atoms with Crippen molar-refractivity contribution in [3.8, 4) is 0 Å². The number of allylic oxidation sites excluding steroid dienone is 1. The first kappa shape index (κ1) is 17.0. The van der Waals surface area contributed by atoms with Crippen LogP contribution >= 0.6 is 0 Å². The number of amides is 1. The molecule has 0 fully saturated rings. The largest absolute Gasteiger partial charge is 0.486 e. The summed E-state index contributed by atoms with van der Waals surface area (Å²) in [5.74, 6) is 0. The summed E-state index contributed by atoms with van der Waals surface area (Å²) < 4.78 is 10.0. The van der Waals surface area contributed by atoms with Gasteiger partial charge in [-0.15, -0.1) is 0 Å². The molecule has 0 aliphatic carbocycles. The molecule has 0 atom stereocenters. The minimum Gasteiger partial charge on any atom is -0.444 e. The van der Waals surface area contributed by atoms with Crippen LogP contribution in [-0.4, -0.2) is 48.9 Å². The van der Waals surface area contributed by atoms with E-state index >= 15 is 0 Å². The first-order valence-corrected chi connectivity index (χ1v) is 6.06. The van der Waals surface area contributed by atoms with Gasteiger partial charge in [-0.1, -0.05) is 6.08 Å². The van der Waals surface area contributed by atoms with Gasteiger partial charge in [-0.05, 0) is 40.1 Å². The zero-order valence-electron chi connectivity index (χ0n) is 12.2. The second-order valence-corrected chi connectivity index (χ2v) is 5.06. The zero-order valence-corrected chi connectivity index (χ0v) is 12.2. The molecule has 18 heavy (non-hydrogen) atoms. The molecule has 0 heterocycles.